The molecule has 0 spiro atoms. The molecule has 0 aliphatic rings. The SMILES string of the molecule is COc1ccc2c(-c3ccc(C)cc3)csc2c1. The smallest absolute Gasteiger partial charge is 0.120 e. The van der Waals surface area contributed by atoms with Gasteiger partial charge in [0.1, 0.15) is 5.75 Å². The van der Waals surface area contributed by atoms with Crippen molar-refractivity contribution in [1.82, 2.24) is 0 Å². The zero-order valence-electron chi connectivity index (χ0n) is 10.4. The Balaban J connectivity index is 2.15. The fourth-order valence-corrected chi connectivity index (χ4v) is 3.09. The van der Waals surface area contributed by atoms with Crippen LogP contribution < -0.4 is 4.74 Å². The Morgan fingerprint density at radius 3 is 2.50 bits per heavy atom. The highest BCUT2D eigenvalue weighted by Gasteiger charge is 2.07. The summed E-state index contributed by atoms with van der Waals surface area (Å²) in [6, 6.07) is 14.9. The Labute approximate surface area is 111 Å². The summed E-state index contributed by atoms with van der Waals surface area (Å²) in [5, 5.41) is 3.51. The van der Waals surface area contributed by atoms with Crippen LogP contribution in [0.4, 0.5) is 0 Å². The van der Waals surface area contributed by atoms with Crippen molar-refractivity contribution < 1.29 is 4.74 Å². The maximum absolute atomic E-state index is 5.26. The molecule has 0 atom stereocenters. The molecule has 0 amide bonds. The van der Waals surface area contributed by atoms with Gasteiger partial charge in [-0.05, 0) is 36.1 Å². The molecule has 1 nitrogen and oxygen atoms in total. The number of aryl methyl sites for hydroxylation is 1. The second-order valence-corrected chi connectivity index (χ2v) is 5.29. The zero-order chi connectivity index (χ0) is 12.5. The summed E-state index contributed by atoms with van der Waals surface area (Å²) in [5.74, 6) is 0.916. The third kappa shape index (κ3) is 1.89. The first-order chi connectivity index (χ1) is 8.78. The third-order valence-electron chi connectivity index (χ3n) is 3.15. The van der Waals surface area contributed by atoms with E-state index in [2.05, 4.69) is 48.7 Å². The number of rotatable bonds is 2. The van der Waals surface area contributed by atoms with Gasteiger partial charge in [-0.2, -0.15) is 0 Å². The van der Waals surface area contributed by atoms with Crippen LogP contribution in [0.2, 0.25) is 0 Å². The van der Waals surface area contributed by atoms with E-state index in [4.69, 9.17) is 4.74 Å². The monoisotopic (exact) mass is 254 g/mol. The van der Waals surface area contributed by atoms with Gasteiger partial charge in [-0.15, -0.1) is 11.3 Å². The van der Waals surface area contributed by atoms with Crippen molar-refractivity contribution in [1.29, 1.82) is 0 Å². The molecule has 2 heteroatoms. The number of ether oxygens (including phenoxy) is 1. The van der Waals surface area contributed by atoms with Gasteiger partial charge in [0.05, 0.1) is 7.11 Å². The quantitative estimate of drug-likeness (QED) is 0.633. The lowest BCUT2D eigenvalue weighted by Gasteiger charge is -2.02. The topological polar surface area (TPSA) is 9.23 Å². The summed E-state index contributed by atoms with van der Waals surface area (Å²) in [7, 11) is 1.70. The number of methoxy groups -OCH3 is 1. The summed E-state index contributed by atoms with van der Waals surface area (Å²) in [5.41, 5.74) is 3.87. The Hall–Kier alpha value is -1.80. The molecule has 0 radical (unpaired) electrons. The van der Waals surface area contributed by atoms with Crippen LogP contribution in [0.1, 0.15) is 5.56 Å². The van der Waals surface area contributed by atoms with Crippen LogP contribution in [0, 0.1) is 6.92 Å². The summed E-state index contributed by atoms with van der Waals surface area (Å²) < 4.78 is 6.53. The van der Waals surface area contributed by atoms with Crippen LogP contribution in [0.15, 0.2) is 47.8 Å². The molecule has 0 saturated heterocycles. The molecule has 0 aliphatic heterocycles. The number of benzene rings is 2. The van der Waals surface area contributed by atoms with E-state index in [-0.39, 0.29) is 0 Å². The van der Waals surface area contributed by atoms with Crippen molar-refractivity contribution in [3.63, 3.8) is 0 Å². The minimum absolute atomic E-state index is 0.916. The molecule has 3 rings (SSSR count). The van der Waals surface area contributed by atoms with E-state index in [0.717, 1.165) is 5.75 Å². The van der Waals surface area contributed by atoms with Crippen molar-refractivity contribution in [3.05, 3.63) is 53.4 Å². The zero-order valence-corrected chi connectivity index (χ0v) is 11.3. The predicted octanol–water partition coefficient (Wildman–Crippen LogP) is 4.89. The van der Waals surface area contributed by atoms with Gasteiger partial charge < -0.3 is 4.74 Å². The Morgan fingerprint density at radius 1 is 1.00 bits per heavy atom. The summed E-state index contributed by atoms with van der Waals surface area (Å²) >= 11 is 1.76. The average Bonchev–Trinajstić information content (AvgIpc) is 2.82. The van der Waals surface area contributed by atoms with Gasteiger partial charge in [-0.3, -0.25) is 0 Å². The van der Waals surface area contributed by atoms with Gasteiger partial charge in [0.25, 0.3) is 0 Å². The maximum Gasteiger partial charge on any atom is 0.120 e. The number of hydrogen-bond acceptors (Lipinski definition) is 2. The first-order valence-corrected chi connectivity index (χ1v) is 6.78. The molecular weight excluding hydrogens is 240 g/mol. The largest absolute Gasteiger partial charge is 0.497 e. The van der Waals surface area contributed by atoms with E-state index in [1.54, 1.807) is 18.4 Å². The van der Waals surface area contributed by atoms with Crippen LogP contribution in [0.5, 0.6) is 5.75 Å². The number of fused-ring (bicyclic) bond motifs is 1. The Morgan fingerprint density at radius 2 is 1.78 bits per heavy atom. The first kappa shape index (κ1) is 11.3. The van der Waals surface area contributed by atoms with Crippen LogP contribution in [-0.2, 0) is 0 Å². The fourth-order valence-electron chi connectivity index (χ4n) is 2.09. The van der Waals surface area contributed by atoms with E-state index in [0.29, 0.717) is 0 Å². The highest BCUT2D eigenvalue weighted by Crippen LogP contribution is 2.35. The molecule has 0 fully saturated rings. The fraction of sp³-hybridized carbons (Fsp3) is 0.125. The number of thiophene rings is 1. The second kappa shape index (κ2) is 4.46. The van der Waals surface area contributed by atoms with Crippen LogP contribution >= 0.6 is 11.3 Å². The van der Waals surface area contributed by atoms with Gasteiger partial charge in [0.2, 0.25) is 0 Å². The molecule has 1 aromatic heterocycles. The van der Waals surface area contributed by atoms with E-state index < -0.39 is 0 Å². The molecule has 0 N–H and O–H groups in total. The van der Waals surface area contributed by atoms with Crippen LogP contribution in [-0.4, -0.2) is 7.11 Å². The molecule has 2 aromatic carbocycles. The number of hydrogen-bond donors (Lipinski definition) is 0. The second-order valence-electron chi connectivity index (χ2n) is 4.38. The van der Waals surface area contributed by atoms with E-state index in [9.17, 15) is 0 Å². The first-order valence-electron chi connectivity index (χ1n) is 5.90. The van der Waals surface area contributed by atoms with Gasteiger partial charge in [-0.25, -0.2) is 0 Å². The van der Waals surface area contributed by atoms with E-state index in [1.807, 2.05) is 6.07 Å². The van der Waals surface area contributed by atoms with E-state index >= 15 is 0 Å². The van der Waals surface area contributed by atoms with Gasteiger partial charge >= 0.3 is 0 Å². The predicted molar refractivity (Wildman–Crippen MR) is 78.6 cm³/mol. The molecule has 0 bridgehead atoms. The lowest BCUT2D eigenvalue weighted by Crippen LogP contribution is -1.81. The molecule has 0 saturated carbocycles. The van der Waals surface area contributed by atoms with Crippen molar-refractivity contribution in [2.75, 3.05) is 7.11 Å². The van der Waals surface area contributed by atoms with Gasteiger partial charge in [0.15, 0.2) is 0 Å². The highest BCUT2D eigenvalue weighted by atomic mass is 32.1. The summed E-state index contributed by atoms with van der Waals surface area (Å²) in [6.45, 7) is 2.11. The molecule has 1 heterocycles. The van der Waals surface area contributed by atoms with Crippen molar-refractivity contribution in [3.8, 4) is 16.9 Å². The van der Waals surface area contributed by atoms with E-state index in [1.165, 1.54) is 26.8 Å². The molecular formula is C16H14OS. The minimum Gasteiger partial charge on any atom is -0.497 e. The molecule has 90 valence electrons. The maximum atomic E-state index is 5.26. The van der Waals surface area contributed by atoms with Crippen molar-refractivity contribution >= 4 is 21.4 Å². The van der Waals surface area contributed by atoms with Crippen LogP contribution in [0.3, 0.4) is 0 Å². The normalized spacial score (nSPS) is 10.8. The molecule has 18 heavy (non-hydrogen) atoms. The lowest BCUT2D eigenvalue weighted by atomic mass is 10.0. The average molecular weight is 254 g/mol. The third-order valence-corrected chi connectivity index (χ3v) is 4.09. The molecule has 0 unspecified atom stereocenters. The molecule has 0 aliphatic carbocycles. The van der Waals surface area contributed by atoms with Crippen molar-refractivity contribution in [2.45, 2.75) is 6.92 Å². The minimum atomic E-state index is 0.916. The van der Waals surface area contributed by atoms with Gasteiger partial charge in [0, 0.05) is 15.6 Å². The summed E-state index contributed by atoms with van der Waals surface area (Å²) in [6.07, 6.45) is 0. The molecule has 3 aromatic rings. The Bertz CT molecular complexity index is 680. The lowest BCUT2D eigenvalue weighted by molar-refractivity contribution is 0.415. The van der Waals surface area contributed by atoms with Crippen molar-refractivity contribution in [2.24, 2.45) is 0 Å². The standard InChI is InChI=1S/C16H14OS/c1-11-3-5-12(6-4-11)15-10-18-16-9-13(17-2)7-8-14(15)16/h3-10H,1-2H3. The Kier molecular flexibility index (Phi) is 2.80. The summed E-state index contributed by atoms with van der Waals surface area (Å²) in [4.78, 5) is 0. The van der Waals surface area contributed by atoms with Gasteiger partial charge in [-0.1, -0.05) is 29.8 Å². The highest BCUT2D eigenvalue weighted by molar-refractivity contribution is 7.17. The van der Waals surface area contributed by atoms with Crippen LogP contribution in [0.25, 0.3) is 21.2 Å².